The summed E-state index contributed by atoms with van der Waals surface area (Å²) in [7, 11) is 0. The van der Waals surface area contributed by atoms with Gasteiger partial charge in [-0.3, -0.25) is 9.97 Å². The maximum Gasteiger partial charge on any atom is 0.141 e. The number of nitrogen functional groups attached to an aromatic ring is 2. The first-order chi connectivity index (χ1) is 19.1. The third-order valence-electron chi connectivity index (χ3n) is 8.21. The number of hydrogen-bond donors (Lipinski definition) is 2. The number of unbranched alkanes of at least 4 members (excludes halogenated alkanes) is 6. The molecule has 6 heteroatoms. The third-order valence-corrected chi connectivity index (χ3v) is 8.21. The molecule has 4 aromatic rings. The Morgan fingerprint density at radius 1 is 0.564 bits per heavy atom. The molecule has 0 unspecified atom stereocenters. The Kier molecular flexibility index (Phi) is 8.20. The molecule has 5 rings (SSSR count). The van der Waals surface area contributed by atoms with Crippen LogP contribution in [0.1, 0.15) is 89.2 Å². The van der Waals surface area contributed by atoms with Crippen molar-refractivity contribution in [3.63, 3.8) is 0 Å². The highest BCUT2D eigenvalue weighted by Crippen LogP contribution is 2.55. The van der Waals surface area contributed by atoms with E-state index in [4.69, 9.17) is 11.5 Å². The van der Waals surface area contributed by atoms with Gasteiger partial charge >= 0.3 is 0 Å². The largest absolute Gasteiger partial charge is 0.382 e. The second kappa shape index (κ2) is 11.9. The van der Waals surface area contributed by atoms with E-state index < -0.39 is 0 Å². The minimum atomic E-state index is -0.0549. The van der Waals surface area contributed by atoms with Gasteiger partial charge in [-0.1, -0.05) is 89.5 Å². The van der Waals surface area contributed by atoms with Crippen molar-refractivity contribution in [2.45, 2.75) is 83.5 Å². The second-order valence-electron chi connectivity index (χ2n) is 10.9. The van der Waals surface area contributed by atoms with Crippen LogP contribution in [0, 0.1) is 0 Å². The summed E-state index contributed by atoms with van der Waals surface area (Å²) in [6.07, 6.45) is 19.0. The molecule has 6 nitrogen and oxygen atoms in total. The Balaban J connectivity index is 1.64. The summed E-state index contributed by atoms with van der Waals surface area (Å²) >= 11 is 0. The SMILES string of the molecule is CCCCCCC1(CCCCCC)c2cc(-c3cnc(N)cn3)ccc2-c2ccc(-c3cnc(N)cn3)cc21. The van der Waals surface area contributed by atoms with Crippen molar-refractivity contribution in [2.75, 3.05) is 11.5 Å². The molecule has 0 amide bonds. The van der Waals surface area contributed by atoms with E-state index >= 15 is 0 Å². The van der Waals surface area contributed by atoms with Gasteiger partial charge in [-0.05, 0) is 47.2 Å². The van der Waals surface area contributed by atoms with Crippen molar-refractivity contribution >= 4 is 11.6 Å². The van der Waals surface area contributed by atoms with Gasteiger partial charge in [-0.2, -0.15) is 0 Å². The molecule has 0 aliphatic heterocycles. The van der Waals surface area contributed by atoms with E-state index in [1.54, 1.807) is 24.8 Å². The number of aromatic nitrogens is 4. The van der Waals surface area contributed by atoms with Crippen LogP contribution in [-0.4, -0.2) is 19.9 Å². The Bertz CT molecular complexity index is 1290. The van der Waals surface area contributed by atoms with Crippen LogP contribution >= 0.6 is 0 Å². The van der Waals surface area contributed by atoms with Gasteiger partial charge in [0, 0.05) is 16.5 Å². The summed E-state index contributed by atoms with van der Waals surface area (Å²) in [5.41, 5.74) is 21.0. The van der Waals surface area contributed by atoms with Crippen LogP contribution in [0.3, 0.4) is 0 Å². The van der Waals surface area contributed by atoms with Crippen molar-refractivity contribution in [3.8, 4) is 33.6 Å². The molecule has 0 saturated carbocycles. The topological polar surface area (TPSA) is 104 Å². The summed E-state index contributed by atoms with van der Waals surface area (Å²) in [5.74, 6) is 0.874. The molecule has 2 aromatic carbocycles. The highest BCUT2D eigenvalue weighted by molar-refractivity contribution is 5.85. The zero-order valence-corrected chi connectivity index (χ0v) is 23.3. The van der Waals surface area contributed by atoms with Gasteiger partial charge in [-0.25, -0.2) is 9.97 Å². The predicted molar refractivity (Wildman–Crippen MR) is 161 cm³/mol. The molecule has 2 aromatic heterocycles. The molecule has 0 saturated heterocycles. The highest BCUT2D eigenvalue weighted by atomic mass is 14.9. The molecule has 39 heavy (non-hydrogen) atoms. The Morgan fingerprint density at radius 3 is 1.41 bits per heavy atom. The average Bonchev–Trinajstić information content (AvgIpc) is 3.23. The molecular weight excluding hydrogens is 480 g/mol. The molecule has 0 bridgehead atoms. The maximum atomic E-state index is 5.83. The van der Waals surface area contributed by atoms with E-state index in [2.05, 4.69) is 70.2 Å². The van der Waals surface area contributed by atoms with Crippen LogP contribution in [0.15, 0.2) is 61.2 Å². The quantitative estimate of drug-likeness (QED) is 0.184. The monoisotopic (exact) mass is 520 g/mol. The average molecular weight is 521 g/mol. The molecule has 0 fully saturated rings. The molecule has 1 aliphatic carbocycles. The van der Waals surface area contributed by atoms with Crippen molar-refractivity contribution in [1.82, 2.24) is 19.9 Å². The molecule has 0 atom stereocenters. The van der Waals surface area contributed by atoms with E-state index in [9.17, 15) is 0 Å². The number of hydrogen-bond acceptors (Lipinski definition) is 6. The summed E-state index contributed by atoms with van der Waals surface area (Å²) in [5, 5.41) is 0. The van der Waals surface area contributed by atoms with Crippen LogP contribution < -0.4 is 11.5 Å². The van der Waals surface area contributed by atoms with Crippen molar-refractivity contribution < 1.29 is 0 Å². The molecule has 202 valence electrons. The number of anilines is 2. The minimum Gasteiger partial charge on any atom is -0.382 e. The molecular formula is C33H40N6. The fourth-order valence-corrected chi connectivity index (χ4v) is 6.16. The summed E-state index contributed by atoms with van der Waals surface area (Å²) < 4.78 is 0. The van der Waals surface area contributed by atoms with Gasteiger partial charge in [0.25, 0.3) is 0 Å². The molecule has 0 radical (unpaired) electrons. The van der Waals surface area contributed by atoms with E-state index in [0.29, 0.717) is 11.6 Å². The van der Waals surface area contributed by atoms with Gasteiger partial charge in [0.2, 0.25) is 0 Å². The number of rotatable bonds is 12. The maximum absolute atomic E-state index is 5.83. The molecule has 2 heterocycles. The first-order valence-corrected chi connectivity index (χ1v) is 14.5. The molecule has 0 spiro atoms. The van der Waals surface area contributed by atoms with Crippen LogP contribution in [0.5, 0.6) is 0 Å². The highest BCUT2D eigenvalue weighted by Gasteiger charge is 2.42. The van der Waals surface area contributed by atoms with E-state index in [0.717, 1.165) is 35.4 Å². The number of benzene rings is 2. The first-order valence-electron chi connectivity index (χ1n) is 14.5. The first kappa shape index (κ1) is 26.8. The Morgan fingerprint density at radius 2 is 1.03 bits per heavy atom. The van der Waals surface area contributed by atoms with Gasteiger partial charge in [0.05, 0.1) is 36.2 Å². The van der Waals surface area contributed by atoms with Gasteiger partial charge < -0.3 is 11.5 Å². The second-order valence-corrected chi connectivity index (χ2v) is 10.9. The smallest absolute Gasteiger partial charge is 0.141 e. The van der Waals surface area contributed by atoms with Crippen LogP contribution in [0.2, 0.25) is 0 Å². The van der Waals surface area contributed by atoms with E-state index in [1.807, 2.05) is 0 Å². The Labute approximate surface area is 232 Å². The Hall–Kier alpha value is -3.80. The third kappa shape index (κ3) is 5.51. The normalized spacial score (nSPS) is 13.3. The van der Waals surface area contributed by atoms with Gasteiger partial charge in [0.15, 0.2) is 0 Å². The fourth-order valence-electron chi connectivity index (χ4n) is 6.16. The molecule has 1 aliphatic rings. The number of nitrogens with zero attached hydrogens (tertiary/aromatic N) is 4. The summed E-state index contributed by atoms with van der Waals surface area (Å²) in [6.45, 7) is 4.56. The van der Waals surface area contributed by atoms with Gasteiger partial charge in [0.1, 0.15) is 11.6 Å². The van der Waals surface area contributed by atoms with Gasteiger partial charge in [-0.15, -0.1) is 0 Å². The lowest BCUT2D eigenvalue weighted by molar-refractivity contribution is 0.401. The van der Waals surface area contributed by atoms with E-state index in [1.165, 1.54) is 73.6 Å². The summed E-state index contributed by atoms with van der Waals surface area (Å²) in [4.78, 5) is 17.8. The molecule has 4 N–H and O–H groups in total. The number of nitrogens with two attached hydrogens (primary N) is 2. The fraction of sp³-hybridized carbons (Fsp3) is 0.394. The number of fused-ring (bicyclic) bond motifs is 3. The van der Waals surface area contributed by atoms with Crippen molar-refractivity contribution in [1.29, 1.82) is 0 Å². The minimum absolute atomic E-state index is 0.0549. The zero-order valence-electron chi connectivity index (χ0n) is 23.3. The lowest BCUT2D eigenvalue weighted by Gasteiger charge is -2.33. The van der Waals surface area contributed by atoms with Crippen molar-refractivity contribution in [3.05, 3.63) is 72.3 Å². The van der Waals surface area contributed by atoms with Crippen molar-refractivity contribution in [2.24, 2.45) is 0 Å². The lowest BCUT2D eigenvalue weighted by Crippen LogP contribution is -2.25. The van der Waals surface area contributed by atoms with Crippen LogP contribution in [0.25, 0.3) is 33.6 Å². The summed E-state index contributed by atoms with van der Waals surface area (Å²) in [6, 6.07) is 13.7. The lowest BCUT2D eigenvalue weighted by atomic mass is 9.70. The predicted octanol–water partition coefficient (Wildman–Crippen LogP) is 7.97. The van der Waals surface area contributed by atoms with E-state index in [-0.39, 0.29) is 5.41 Å². The van der Waals surface area contributed by atoms with Crippen LogP contribution in [0.4, 0.5) is 11.6 Å². The van der Waals surface area contributed by atoms with Crippen LogP contribution in [-0.2, 0) is 5.41 Å². The standard InChI is InChI=1S/C33H40N6/c1-3-5-7-9-15-33(16-10-8-6-4-2)27-17-23(29-19-38-31(34)21-36-29)11-13-25(27)26-14-12-24(18-28(26)33)30-20-39-32(35)22-37-30/h11-14,17-22H,3-10,15-16H2,1-2H3,(H2,34,38)(H2,35,39). The zero-order chi connectivity index (χ0) is 27.2.